The molecule has 2 rings (SSSR count). The van der Waals surface area contributed by atoms with Crippen molar-refractivity contribution in [3.8, 4) is 9.88 Å². The van der Waals surface area contributed by atoms with Crippen molar-refractivity contribution in [2.24, 2.45) is 0 Å². The Kier molecular flexibility index (Phi) is 5.40. The Bertz CT molecular complexity index is 568. The van der Waals surface area contributed by atoms with Crippen molar-refractivity contribution in [2.75, 3.05) is 6.54 Å². The van der Waals surface area contributed by atoms with Crippen molar-refractivity contribution >= 4 is 22.9 Å². The molecule has 2 heterocycles. The summed E-state index contributed by atoms with van der Waals surface area (Å²) in [6, 6.07) is 0.535. The molecule has 0 aliphatic carbocycles. The maximum Gasteiger partial charge on any atom is 0.161 e. The van der Waals surface area contributed by atoms with Crippen LogP contribution in [0.15, 0.2) is 0 Å². The van der Waals surface area contributed by atoms with Crippen molar-refractivity contribution in [2.45, 2.75) is 58.9 Å². The smallest absolute Gasteiger partial charge is 0.161 e. The Morgan fingerprint density at radius 3 is 2.57 bits per heavy atom. The first kappa shape index (κ1) is 16.5. The van der Waals surface area contributed by atoms with Crippen molar-refractivity contribution in [3.05, 3.63) is 10.7 Å². The van der Waals surface area contributed by atoms with E-state index in [2.05, 4.69) is 59.7 Å². The topological polar surface area (TPSA) is 63.6 Å². The fourth-order valence-corrected chi connectivity index (χ4v) is 3.71. The van der Waals surface area contributed by atoms with Gasteiger partial charge in [-0.25, -0.2) is 0 Å². The molecule has 0 aliphatic rings. The van der Waals surface area contributed by atoms with E-state index in [1.54, 1.807) is 11.3 Å². The third kappa shape index (κ3) is 4.52. The molecule has 116 valence electrons. The van der Waals surface area contributed by atoms with Gasteiger partial charge in [0.1, 0.15) is 9.88 Å². The Morgan fingerprint density at radius 1 is 1.14 bits per heavy atom. The average molecular weight is 326 g/mol. The highest BCUT2D eigenvalue weighted by atomic mass is 32.1. The molecule has 0 spiro atoms. The van der Waals surface area contributed by atoms with Crippen LogP contribution >= 0.6 is 22.9 Å². The van der Waals surface area contributed by atoms with Gasteiger partial charge in [0, 0.05) is 17.9 Å². The molecule has 0 unspecified atom stereocenters. The van der Waals surface area contributed by atoms with Crippen LogP contribution in [0.1, 0.15) is 51.7 Å². The monoisotopic (exact) mass is 325 g/mol. The maximum atomic E-state index is 4.33. The molecule has 2 aromatic rings. The van der Waals surface area contributed by atoms with Gasteiger partial charge in [-0.2, -0.15) is 0 Å². The van der Waals surface area contributed by atoms with Crippen LogP contribution in [-0.2, 0) is 11.8 Å². The molecule has 2 aromatic heterocycles. The van der Waals surface area contributed by atoms with Crippen LogP contribution in [0.3, 0.4) is 0 Å². The van der Waals surface area contributed by atoms with Gasteiger partial charge in [-0.05, 0) is 24.5 Å². The molecule has 1 N–H and O–H groups in total. The Labute approximate surface area is 134 Å². The summed E-state index contributed by atoms with van der Waals surface area (Å²) in [7, 11) is 0. The largest absolute Gasteiger partial charge is 0.315 e. The van der Waals surface area contributed by atoms with E-state index in [1.807, 2.05) is 0 Å². The minimum atomic E-state index is -0.0185. The maximum absolute atomic E-state index is 4.33. The molecule has 0 fully saturated rings. The minimum absolute atomic E-state index is 0.0185. The van der Waals surface area contributed by atoms with Crippen molar-refractivity contribution in [1.82, 2.24) is 25.1 Å². The van der Waals surface area contributed by atoms with E-state index in [1.165, 1.54) is 11.5 Å². The van der Waals surface area contributed by atoms with E-state index in [-0.39, 0.29) is 5.41 Å². The summed E-state index contributed by atoms with van der Waals surface area (Å²) < 4.78 is 4.09. The molecule has 0 aliphatic heterocycles. The zero-order valence-corrected chi connectivity index (χ0v) is 14.9. The fraction of sp³-hybridized carbons (Fsp3) is 0.714. The lowest BCUT2D eigenvalue weighted by Gasteiger charge is -2.15. The summed E-state index contributed by atoms with van der Waals surface area (Å²) in [5, 5.41) is 18.3. The van der Waals surface area contributed by atoms with Crippen LogP contribution in [-0.4, -0.2) is 32.4 Å². The van der Waals surface area contributed by atoms with E-state index < -0.39 is 0 Å². The van der Waals surface area contributed by atoms with Gasteiger partial charge in [0.2, 0.25) is 0 Å². The number of aryl methyl sites for hydroxylation is 1. The van der Waals surface area contributed by atoms with Gasteiger partial charge in [0.05, 0.1) is 5.69 Å². The summed E-state index contributed by atoms with van der Waals surface area (Å²) in [6.45, 7) is 11.8. The highest BCUT2D eigenvalue weighted by Gasteiger charge is 2.25. The Morgan fingerprint density at radius 2 is 1.90 bits per heavy atom. The lowest BCUT2D eigenvalue weighted by Crippen LogP contribution is -2.23. The molecular formula is C14H23N5S2. The van der Waals surface area contributed by atoms with Crippen LogP contribution in [0.2, 0.25) is 0 Å². The van der Waals surface area contributed by atoms with E-state index in [0.29, 0.717) is 6.04 Å². The van der Waals surface area contributed by atoms with Gasteiger partial charge in [-0.3, -0.25) is 0 Å². The van der Waals surface area contributed by atoms with Gasteiger partial charge in [-0.1, -0.05) is 50.4 Å². The van der Waals surface area contributed by atoms with E-state index >= 15 is 0 Å². The second-order valence-corrected chi connectivity index (χ2v) is 8.23. The summed E-state index contributed by atoms with van der Waals surface area (Å²) in [5.41, 5.74) is 0.992. The molecular weight excluding hydrogens is 302 g/mol. The van der Waals surface area contributed by atoms with Crippen LogP contribution in [0.25, 0.3) is 9.88 Å². The van der Waals surface area contributed by atoms with E-state index in [9.17, 15) is 0 Å². The standard InChI is InChI=1S/C14H23N5S2/c1-9(2)15-8-6-7-10-16-18-13(20-10)11-12(14(3,4)5)17-19-21-11/h9,15H,6-8H2,1-5H3. The highest BCUT2D eigenvalue weighted by molar-refractivity contribution is 7.19. The van der Waals surface area contributed by atoms with Crippen molar-refractivity contribution in [1.29, 1.82) is 0 Å². The van der Waals surface area contributed by atoms with Crippen LogP contribution in [0.4, 0.5) is 0 Å². The molecule has 0 radical (unpaired) electrons. The first-order valence-corrected chi connectivity index (χ1v) is 8.86. The van der Waals surface area contributed by atoms with Crippen molar-refractivity contribution in [3.63, 3.8) is 0 Å². The number of aromatic nitrogens is 4. The fourth-order valence-electron chi connectivity index (χ4n) is 1.90. The van der Waals surface area contributed by atoms with E-state index in [4.69, 9.17) is 0 Å². The zero-order valence-electron chi connectivity index (χ0n) is 13.3. The van der Waals surface area contributed by atoms with Gasteiger partial charge >= 0.3 is 0 Å². The first-order valence-electron chi connectivity index (χ1n) is 7.27. The predicted molar refractivity (Wildman–Crippen MR) is 89.0 cm³/mol. The molecule has 0 saturated carbocycles. The summed E-state index contributed by atoms with van der Waals surface area (Å²) >= 11 is 3.07. The molecule has 0 aromatic carbocycles. The Hall–Kier alpha value is -0.920. The molecule has 21 heavy (non-hydrogen) atoms. The second-order valence-electron chi connectivity index (χ2n) is 6.41. The van der Waals surface area contributed by atoms with E-state index in [0.717, 1.165) is 40.0 Å². The third-order valence-corrected chi connectivity index (χ3v) is 4.84. The van der Waals surface area contributed by atoms with Crippen LogP contribution in [0.5, 0.6) is 0 Å². The summed E-state index contributed by atoms with van der Waals surface area (Å²) in [5.74, 6) is 0. The van der Waals surface area contributed by atoms with Gasteiger partial charge in [-0.15, -0.1) is 15.3 Å². The zero-order chi connectivity index (χ0) is 15.5. The normalized spacial score (nSPS) is 12.3. The number of hydrogen-bond donors (Lipinski definition) is 1. The van der Waals surface area contributed by atoms with Gasteiger partial charge < -0.3 is 5.32 Å². The number of nitrogens with one attached hydrogen (secondary N) is 1. The molecule has 0 atom stereocenters. The molecule has 5 nitrogen and oxygen atoms in total. The Balaban J connectivity index is 2.02. The highest BCUT2D eigenvalue weighted by Crippen LogP contribution is 2.35. The van der Waals surface area contributed by atoms with Gasteiger partial charge in [0.25, 0.3) is 0 Å². The second kappa shape index (κ2) is 6.89. The molecule has 0 saturated heterocycles. The molecule has 0 bridgehead atoms. The lowest BCUT2D eigenvalue weighted by atomic mass is 9.91. The van der Waals surface area contributed by atoms with Crippen LogP contribution in [0, 0.1) is 0 Å². The average Bonchev–Trinajstić information content (AvgIpc) is 3.01. The number of rotatable bonds is 6. The summed E-state index contributed by atoms with van der Waals surface area (Å²) in [4.78, 5) is 1.06. The van der Waals surface area contributed by atoms with Crippen LogP contribution < -0.4 is 5.32 Å². The predicted octanol–water partition coefficient (Wildman–Crippen LogP) is 3.28. The molecule has 0 amide bonds. The quantitative estimate of drug-likeness (QED) is 0.826. The van der Waals surface area contributed by atoms with Crippen molar-refractivity contribution < 1.29 is 0 Å². The number of nitrogens with zero attached hydrogens (tertiary/aromatic N) is 4. The minimum Gasteiger partial charge on any atom is -0.315 e. The first-order chi connectivity index (χ1) is 9.88. The SMILES string of the molecule is CC(C)NCCCc1nnc(-c2snnc2C(C)(C)C)s1. The molecule has 7 heteroatoms. The number of hydrogen-bond acceptors (Lipinski definition) is 7. The van der Waals surface area contributed by atoms with Gasteiger partial charge in [0.15, 0.2) is 5.01 Å². The summed E-state index contributed by atoms with van der Waals surface area (Å²) in [6.07, 6.45) is 2.05. The lowest BCUT2D eigenvalue weighted by molar-refractivity contribution is 0.568. The third-order valence-electron chi connectivity index (χ3n) is 2.98.